The van der Waals surface area contributed by atoms with Crippen molar-refractivity contribution in [1.29, 1.82) is 5.26 Å². The molecule has 0 saturated carbocycles. The molecular formula is C26H22BrClN2O3. The first-order valence-corrected chi connectivity index (χ1v) is 11.3. The first-order chi connectivity index (χ1) is 15.9. The molecule has 5 nitrogen and oxygen atoms in total. The number of benzene rings is 3. The summed E-state index contributed by atoms with van der Waals surface area (Å²) in [6, 6.07) is 22.2. The minimum atomic E-state index is -0.459. The maximum Gasteiger partial charge on any atom is 0.262 e. The molecule has 33 heavy (non-hydrogen) atoms. The third-order valence-electron chi connectivity index (χ3n) is 4.94. The second kappa shape index (κ2) is 11.6. The van der Waals surface area contributed by atoms with E-state index in [4.69, 9.17) is 21.1 Å². The quantitative estimate of drug-likeness (QED) is 0.270. The monoisotopic (exact) mass is 524 g/mol. The van der Waals surface area contributed by atoms with Crippen molar-refractivity contribution in [2.24, 2.45) is 0 Å². The van der Waals surface area contributed by atoms with Crippen LogP contribution in [0.15, 0.2) is 76.8 Å². The van der Waals surface area contributed by atoms with Gasteiger partial charge in [0.1, 0.15) is 18.2 Å². The van der Waals surface area contributed by atoms with Gasteiger partial charge in [-0.1, -0.05) is 76.1 Å². The molecular weight excluding hydrogens is 504 g/mol. The zero-order valence-electron chi connectivity index (χ0n) is 18.1. The Bertz CT molecular complexity index is 1210. The lowest BCUT2D eigenvalue weighted by Gasteiger charge is -2.15. The SMILES string of the molecule is COc1cc(/C=C(/C#N)C(=O)N[C@H](C)c2ccccc2)c(Br)cc1OCc1ccccc1Cl. The highest BCUT2D eigenvalue weighted by atomic mass is 79.9. The van der Waals surface area contributed by atoms with Gasteiger partial charge in [0.05, 0.1) is 13.2 Å². The molecule has 1 N–H and O–H groups in total. The molecule has 0 aliphatic heterocycles. The normalized spacial score (nSPS) is 11.9. The molecule has 0 bridgehead atoms. The van der Waals surface area contributed by atoms with Crippen LogP contribution in [0.2, 0.25) is 5.02 Å². The highest BCUT2D eigenvalue weighted by Gasteiger charge is 2.16. The smallest absolute Gasteiger partial charge is 0.262 e. The maximum atomic E-state index is 12.7. The third-order valence-corrected chi connectivity index (χ3v) is 5.99. The standard InChI is InChI=1S/C26H22BrClN2O3/c1-17(18-8-4-3-5-9-18)30-26(31)21(15-29)12-20-13-24(32-2)25(14-22(20)27)33-16-19-10-6-7-11-23(19)28/h3-14,17H,16H2,1-2H3,(H,30,31)/b21-12-/t17-/m1/s1. The molecule has 1 amide bonds. The van der Waals surface area contributed by atoms with Gasteiger partial charge in [-0.25, -0.2) is 0 Å². The molecule has 7 heteroatoms. The van der Waals surface area contributed by atoms with Crippen LogP contribution >= 0.6 is 27.5 Å². The van der Waals surface area contributed by atoms with E-state index in [-0.39, 0.29) is 18.2 Å². The minimum Gasteiger partial charge on any atom is -0.493 e. The van der Waals surface area contributed by atoms with E-state index < -0.39 is 5.91 Å². The van der Waals surface area contributed by atoms with Gasteiger partial charge in [0.15, 0.2) is 11.5 Å². The Morgan fingerprint density at radius 1 is 1.15 bits per heavy atom. The van der Waals surface area contributed by atoms with Gasteiger partial charge < -0.3 is 14.8 Å². The molecule has 0 heterocycles. The molecule has 0 unspecified atom stereocenters. The second-order valence-electron chi connectivity index (χ2n) is 7.18. The van der Waals surface area contributed by atoms with E-state index in [9.17, 15) is 10.1 Å². The van der Waals surface area contributed by atoms with Crippen LogP contribution in [0.4, 0.5) is 0 Å². The van der Waals surface area contributed by atoms with Crippen LogP contribution in [0.25, 0.3) is 6.08 Å². The summed E-state index contributed by atoms with van der Waals surface area (Å²) in [5.41, 5.74) is 2.38. The van der Waals surface area contributed by atoms with Crippen molar-refractivity contribution < 1.29 is 14.3 Å². The van der Waals surface area contributed by atoms with Crippen LogP contribution in [0.3, 0.4) is 0 Å². The summed E-state index contributed by atoms with van der Waals surface area (Å²) < 4.78 is 12.0. The summed E-state index contributed by atoms with van der Waals surface area (Å²) in [5.74, 6) is 0.507. The lowest BCUT2D eigenvalue weighted by Crippen LogP contribution is -2.27. The summed E-state index contributed by atoms with van der Waals surface area (Å²) in [7, 11) is 1.53. The molecule has 0 saturated heterocycles. The van der Waals surface area contributed by atoms with Gasteiger partial charge in [0, 0.05) is 15.1 Å². The van der Waals surface area contributed by atoms with Crippen molar-refractivity contribution >= 4 is 39.5 Å². The molecule has 0 aliphatic carbocycles. The minimum absolute atomic E-state index is 0.0229. The van der Waals surface area contributed by atoms with Crippen LogP contribution < -0.4 is 14.8 Å². The number of nitrogens with one attached hydrogen (secondary N) is 1. The lowest BCUT2D eigenvalue weighted by molar-refractivity contribution is -0.117. The molecule has 1 atom stereocenters. The number of ether oxygens (including phenoxy) is 2. The first kappa shape index (κ1) is 24.4. The van der Waals surface area contributed by atoms with Gasteiger partial charge in [-0.15, -0.1) is 0 Å². The number of nitrogens with zero attached hydrogens (tertiary/aromatic N) is 1. The predicted molar refractivity (Wildman–Crippen MR) is 133 cm³/mol. The Morgan fingerprint density at radius 3 is 2.52 bits per heavy atom. The maximum absolute atomic E-state index is 12.7. The van der Waals surface area contributed by atoms with Crippen LogP contribution in [-0.4, -0.2) is 13.0 Å². The van der Waals surface area contributed by atoms with Crippen molar-refractivity contribution in [3.05, 3.63) is 98.5 Å². The first-order valence-electron chi connectivity index (χ1n) is 10.1. The van der Waals surface area contributed by atoms with Gasteiger partial charge in [-0.3, -0.25) is 4.79 Å². The molecule has 0 fully saturated rings. The zero-order valence-corrected chi connectivity index (χ0v) is 20.5. The van der Waals surface area contributed by atoms with Gasteiger partial charge >= 0.3 is 0 Å². The van der Waals surface area contributed by atoms with Crippen LogP contribution in [-0.2, 0) is 11.4 Å². The number of hydrogen-bond acceptors (Lipinski definition) is 4. The summed E-state index contributed by atoms with van der Waals surface area (Å²) in [6.07, 6.45) is 1.51. The van der Waals surface area contributed by atoms with Gasteiger partial charge in [0.25, 0.3) is 5.91 Å². The molecule has 3 aromatic rings. The average Bonchev–Trinajstić information content (AvgIpc) is 2.83. The van der Waals surface area contributed by atoms with Crippen LogP contribution in [0, 0.1) is 11.3 Å². The third kappa shape index (κ3) is 6.38. The molecule has 0 radical (unpaired) electrons. The number of rotatable bonds is 8. The number of nitriles is 1. The Morgan fingerprint density at radius 2 is 1.85 bits per heavy atom. The number of halogens is 2. The van der Waals surface area contributed by atoms with Crippen molar-refractivity contribution in [1.82, 2.24) is 5.32 Å². The fraction of sp³-hybridized carbons (Fsp3) is 0.154. The summed E-state index contributed by atoms with van der Waals surface area (Å²) in [6.45, 7) is 2.13. The largest absolute Gasteiger partial charge is 0.493 e. The Balaban J connectivity index is 1.80. The van der Waals surface area contributed by atoms with E-state index in [1.165, 1.54) is 13.2 Å². The van der Waals surface area contributed by atoms with E-state index in [0.29, 0.717) is 26.6 Å². The van der Waals surface area contributed by atoms with Gasteiger partial charge in [-0.05, 0) is 42.3 Å². The predicted octanol–water partition coefficient (Wildman–Crippen LogP) is 6.47. The molecule has 0 spiro atoms. The lowest BCUT2D eigenvalue weighted by atomic mass is 10.1. The molecule has 168 valence electrons. The molecule has 3 rings (SSSR count). The number of carbonyl (C=O) groups is 1. The van der Waals surface area contributed by atoms with Crippen LogP contribution in [0.5, 0.6) is 11.5 Å². The summed E-state index contributed by atoms with van der Waals surface area (Å²) in [4.78, 5) is 12.7. The topological polar surface area (TPSA) is 71.3 Å². The highest BCUT2D eigenvalue weighted by Crippen LogP contribution is 2.35. The number of hydrogen-bond donors (Lipinski definition) is 1. The van der Waals surface area contributed by atoms with Crippen molar-refractivity contribution in [3.8, 4) is 17.6 Å². The highest BCUT2D eigenvalue weighted by molar-refractivity contribution is 9.10. The van der Waals surface area contributed by atoms with Crippen LogP contribution in [0.1, 0.15) is 29.7 Å². The average molecular weight is 526 g/mol. The molecule has 0 aliphatic rings. The van der Waals surface area contributed by atoms with E-state index in [1.54, 1.807) is 18.2 Å². The summed E-state index contributed by atoms with van der Waals surface area (Å²) in [5, 5.41) is 13.1. The van der Waals surface area contributed by atoms with E-state index in [2.05, 4.69) is 21.2 Å². The fourth-order valence-electron chi connectivity index (χ4n) is 3.11. The van der Waals surface area contributed by atoms with Gasteiger partial charge in [0.2, 0.25) is 0 Å². The Kier molecular flexibility index (Phi) is 8.53. The number of carbonyl (C=O) groups excluding carboxylic acids is 1. The second-order valence-corrected chi connectivity index (χ2v) is 8.44. The van der Waals surface area contributed by atoms with E-state index in [1.807, 2.05) is 61.5 Å². The van der Waals surface area contributed by atoms with Crippen molar-refractivity contribution in [3.63, 3.8) is 0 Å². The Hall–Kier alpha value is -3.27. The van der Waals surface area contributed by atoms with E-state index >= 15 is 0 Å². The van der Waals surface area contributed by atoms with Crippen molar-refractivity contribution in [2.45, 2.75) is 19.6 Å². The fourth-order valence-corrected chi connectivity index (χ4v) is 3.74. The van der Waals surface area contributed by atoms with E-state index in [0.717, 1.165) is 11.1 Å². The summed E-state index contributed by atoms with van der Waals surface area (Å²) >= 11 is 9.70. The Labute approximate surface area is 206 Å². The van der Waals surface area contributed by atoms with Gasteiger partial charge in [-0.2, -0.15) is 5.26 Å². The number of amides is 1. The van der Waals surface area contributed by atoms with Crippen molar-refractivity contribution in [2.75, 3.05) is 7.11 Å². The number of methoxy groups -OCH3 is 1. The zero-order chi connectivity index (χ0) is 23.8. The molecule has 3 aromatic carbocycles. The molecule has 0 aromatic heterocycles.